The van der Waals surface area contributed by atoms with Gasteiger partial charge in [0, 0.05) is 67.6 Å². The van der Waals surface area contributed by atoms with Crippen LogP contribution in [0.2, 0.25) is 0 Å². The molecule has 1 amide bonds. The van der Waals surface area contributed by atoms with Gasteiger partial charge in [-0.2, -0.15) is 0 Å². The number of hydrogen-bond acceptors (Lipinski definition) is 3. The maximum atomic E-state index is 14.2. The number of piperidine rings is 1. The molecule has 1 aromatic heterocycles. The summed E-state index contributed by atoms with van der Waals surface area (Å²) in [5.74, 6) is -0.139. The highest BCUT2D eigenvalue weighted by molar-refractivity contribution is 5.94. The number of aromatic nitrogens is 1. The van der Waals surface area contributed by atoms with E-state index >= 15 is 0 Å². The Morgan fingerprint density at radius 3 is 2.47 bits per heavy atom. The van der Waals surface area contributed by atoms with Crippen molar-refractivity contribution in [3.05, 3.63) is 101 Å². The number of pyridine rings is 1. The number of rotatable bonds is 4. The van der Waals surface area contributed by atoms with Crippen LogP contribution in [0, 0.1) is 17.6 Å². The lowest BCUT2D eigenvalue weighted by Gasteiger charge is -2.39. The Morgan fingerprint density at radius 1 is 0.969 bits per heavy atom. The van der Waals surface area contributed by atoms with Crippen molar-refractivity contribution in [3.8, 4) is 0 Å². The number of carbonyl (C=O) groups is 1. The van der Waals surface area contributed by atoms with Crippen molar-refractivity contribution in [2.75, 3.05) is 19.6 Å². The van der Waals surface area contributed by atoms with Crippen molar-refractivity contribution >= 4 is 5.91 Å². The lowest BCUT2D eigenvalue weighted by molar-refractivity contribution is 0.0612. The number of halogens is 2. The van der Waals surface area contributed by atoms with E-state index in [1.807, 2.05) is 29.2 Å². The Kier molecular flexibility index (Phi) is 5.70. The van der Waals surface area contributed by atoms with Crippen LogP contribution in [0.4, 0.5) is 8.78 Å². The summed E-state index contributed by atoms with van der Waals surface area (Å²) in [6.45, 7) is 2.70. The van der Waals surface area contributed by atoms with Gasteiger partial charge in [0.2, 0.25) is 0 Å². The number of amides is 1. The first-order chi connectivity index (χ1) is 15.6. The Balaban J connectivity index is 1.42. The number of fused-ring (bicyclic) bond motifs is 1. The Labute approximate surface area is 186 Å². The van der Waals surface area contributed by atoms with Gasteiger partial charge < -0.3 is 4.90 Å². The standard InChI is InChI=1S/C26H25F2N3O/c27-21-7-5-18(6-8-21)22-17-31(26(32)19-9-12-29-13-10-19)25-11-14-30(16-23(22)25)15-20-3-1-2-4-24(20)28/h1-10,12-13,22-23,25H,11,14-17H2/t22-,23-,25-/m0/s1. The van der Waals surface area contributed by atoms with Crippen LogP contribution in [0.25, 0.3) is 0 Å². The van der Waals surface area contributed by atoms with Crippen molar-refractivity contribution in [2.45, 2.75) is 24.9 Å². The second-order valence-corrected chi connectivity index (χ2v) is 8.70. The lowest BCUT2D eigenvalue weighted by Crippen LogP contribution is -2.47. The first-order valence-electron chi connectivity index (χ1n) is 11.0. The number of hydrogen-bond donors (Lipinski definition) is 0. The van der Waals surface area contributed by atoms with E-state index in [9.17, 15) is 13.6 Å². The third-order valence-corrected chi connectivity index (χ3v) is 6.85. The molecule has 0 unspecified atom stereocenters. The molecular formula is C26H25F2N3O. The van der Waals surface area contributed by atoms with Crippen LogP contribution in [0.15, 0.2) is 73.1 Å². The average molecular weight is 434 g/mol. The summed E-state index contributed by atoms with van der Waals surface area (Å²) in [6.07, 6.45) is 4.10. The van der Waals surface area contributed by atoms with Gasteiger partial charge in [0.05, 0.1) is 0 Å². The number of likely N-dealkylation sites (tertiary alicyclic amines) is 2. The largest absolute Gasteiger partial charge is 0.335 e. The summed E-state index contributed by atoms with van der Waals surface area (Å²) in [4.78, 5) is 21.6. The minimum absolute atomic E-state index is 0.00886. The molecule has 3 aromatic rings. The van der Waals surface area contributed by atoms with Gasteiger partial charge in [0.15, 0.2) is 0 Å². The Bertz CT molecular complexity index is 1090. The third-order valence-electron chi connectivity index (χ3n) is 6.85. The van der Waals surface area contributed by atoms with Crippen molar-refractivity contribution in [3.63, 3.8) is 0 Å². The van der Waals surface area contributed by atoms with Gasteiger partial charge in [-0.05, 0) is 42.3 Å². The van der Waals surface area contributed by atoms with E-state index in [4.69, 9.17) is 0 Å². The van der Waals surface area contributed by atoms with Crippen molar-refractivity contribution in [1.29, 1.82) is 0 Å². The monoisotopic (exact) mass is 433 g/mol. The fourth-order valence-electron chi connectivity index (χ4n) is 5.27. The summed E-state index contributed by atoms with van der Waals surface area (Å²) < 4.78 is 27.8. The Hall–Kier alpha value is -3.12. The molecule has 3 atom stereocenters. The molecule has 5 rings (SSSR count). The van der Waals surface area contributed by atoms with Crippen LogP contribution < -0.4 is 0 Å². The maximum absolute atomic E-state index is 14.2. The molecule has 0 spiro atoms. The molecule has 0 radical (unpaired) electrons. The molecule has 2 aromatic carbocycles. The zero-order chi connectivity index (χ0) is 22.1. The van der Waals surface area contributed by atoms with E-state index in [0.717, 1.165) is 25.1 Å². The van der Waals surface area contributed by atoms with Gasteiger partial charge in [-0.1, -0.05) is 30.3 Å². The zero-order valence-electron chi connectivity index (χ0n) is 17.7. The van der Waals surface area contributed by atoms with E-state index in [2.05, 4.69) is 9.88 Å². The van der Waals surface area contributed by atoms with Crippen LogP contribution in [-0.4, -0.2) is 46.4 Å². The van der Waals surface area contributed by atoms with Crippen molar-refractivity contribution in [1.82, 2.24) is 14.8 Å². The molecule has 2 aliphatic heterocycles. The summed E-state index contributed by atoms with van der Waals surface area (Å²) >= 11 is 0. The molecule has 2 saturated heterocycles. The van der Waals surface area contributed by atoms with Gasteiger partial charge in [-0.25, -0.2) is 8.78 Å². The summed E-state index contributed by atoms with van der Waals surface area (Å²) in [5, 5.41) is 0. The van der Waals surface area contributed by atoms with Gasteiger partial charge in [0.1, 0.15) is 11.6 Å². The second kappa shape index (κ2) is 8.79. The molecule has 32 heavy (non-hydrogen) atoms. The fraction of sp³-hybridized carbons (Fsp3) is 0.308. The predicted octanol–water partition coefficient (Wildman–Crippen LogP) is 4.49. The summed E-state index contributed by atoms with van der Waals surface area (Å²) in [7, 11) is 0. The van der Waals surface area contributed by atoms with Crippen molar-refractivity contribution in [2.24, 2.45) is 5.92 Å². The van der Waals surface area contributed by atoms with Crippen LogP contribution >= 0.6 is 0 Å². The molecule has 2 aliphatic rings. The molecule has 4 nitrogen and oxygen atoms in total. The topological polar surface area (TPSA) is 36.4 Å². The molecule has 0 saturated carbocycles. The molecule has 2 fully saturated rings. The van der Waals surface area contributed by atoms with Crippen LogP contribution in [-0.2, 0) is 6.54 Å². The van der Waals surface area contributed by atoms with Gasteiger partial charge >= 0.3 is 0 Å². The highest BCUT2D eigenvalue weighted by atomic mass is 19.1. The van der Waals surface area contributed by atoms with Crippen LogP contribution in [0.1, 0.15) is 33.8 Å². The first kappa shape index (κ1) is 20.8. The van der Waals surface area contributed by atoms with E-state index in [1.165, 1.54) is 18.2 Å². The number of benzene rings is 2. The molecule has 6 heteroatoms. The average Bonchev–Trinajstić information content (AvgIpc) is 3.20. The zero-order valence-corrected chi connectivity index (χ0v) is 17.7. The lowest BCUT2D eigenvalue weighted by atomic mass is 9.81. The highest BCUT2D eigenvalue weighted by Gasteiger charge is 2.47. The van der Waals surface area contributed by atoms with Crippen molar-refractivity contribution < 1.29 is 13.6 Å². The molecular weight excluding hydrogens is 408 g/mol. The van der Waals surface area contributed by atoms with Crippen LogP contribution in [0.5, 0.6) is 0 Å². The highest BCUT2D eigenvalue weighted by Crippen LogP contribution is 2.42. The SMILES string of the molecule is O=C(c1ccncc1)N1C[C@@H](c2ccc(F)cc2)[C@@H]2CN(Cc3ccccc3F)CC[C@@H]21. The first-order valence-corrected chi connectivity index (χ1v) is 11.0. The van der Waals surface area contributed by atoms with Gasteiger partial charge in [0.25, 0.3) is 5.91 Å². The molecule has 0 N–H and O–H groups in total. The van der Waals surface area contributed by atoms with Gasteiger partial charge in [-0.15, -0.1) is 0 Å². The molecule has 0 aliphatic carbocycles. The van der Waals surface area contributed by atoms with E-state index in [1.54, 1.807) is 30.6 Å². The van der Waals surface area contributed by atoms with Crippen LogP contribution in [0.3, 0.4) is 0 Å². The number of carbonyl (C=O) groups excluding carboxylic acids is 1. The maximum Gasteiger partial charge on any atom is 0.254 e. The second-order valence-electron chi connectivity index (χ2n) is 8.70. The molecule has 0 bridgehead atoms. The van der Waals surface area contributed by atoms with Gasteiger partial charge in [-0.3, -0.25) is 14.7 Å². The summed E-state index contributed by atoms with van der Waals surface area (Å²) in [6, 6.07) is 17.1. The molecule has 164 valence electrons. The number of nitrogens with zero attached hydrogens (tertiary/aromatic N) is 3. The van der Waals surface area contributed by atoms with E-state index < -0.39 is 0 Å². The third kappa shape index (κ3) is 4.02. The predicted molar refractivity (Wildman–Crippen MR) is 118 cm³/mol. The fourth-order valence-corrected chi connectivity index (χ4v) is 5.27. The van der Waals surface area contributed by atoms with E-state index in [-0.39, 0.29) is 35.4 Å². The minimum Gasteiger partial charge on any atom is -0.335 e. The van der Waals surface area contributed by atoms with E-state index in [0.29, 0.717) is 24.2 Å². The Morgan fingerprint density at radius 2 is 1.72 bits per heavy atom. The molecule has 3 heterocycles. The minimum atomic E-state index is -0.266. The quantitative estimate of drug-likeness (QED) is 0.608. The normalized spacial score (nSPS) is 23.2. The smallest absolute Gasteiger partial charge is 0.254 e. The summed E-state index contributed by atoms with van der Waals surface area (Å²) in [5.41, 5.74) is 2.36.